The number of halogens is 1. The second-order valence-electron chi connectivity index (χ2n) is 3.97. The van der Waals surface area contributed by atoms with Gasteiger partial charge < -0.3 is 9.47 Å². The number of ether oxygens (including phenoxy) is 2. The molecule has 0 spiro atoms. The van der Waals surface area contributed by atoms with E-state index in [4.69, 9.17) is 21.1 Å². The van der Waals surface area contributed by atoms with Crippen LogP contribution in [0.4, 0.5) is 5.69 Å². The molecule has 0 heterocycles. The maximum atomic E-state index is 10.7. The first-order chi connectivity index (χ1) is 9.61. The summed E-state index contributed by atoms with van der Waals surface area (Å²) < 4.78 is 10.8. The van der Waals surface area contributed by atoms with Crippen molar-refractivity contribution < 1.29 is 14.4 Å². The van der Waals surface area contributed by atoms with E-state index in [1.54, 1.807) is 7.11 Å². The quantitative estimate of drug-likeness (QED) is 0.621. The van der Waals surface area contributed by atoms with E-state index in [-0.39, 0.29) is 17.3 Å². The molecular formula is C14H12ClNO4. The average Bonchev–Trinajstić information content (AvgIpc) is 2.45. The van der Waals surface area contributed by atoms with E-state index >= 15 is 0 Å². The van der Waals surface area contributed by atoms with E-state index in [0.29, 0.717) is 5.75 Å². The normalized spacial score (nSPS) is 10.1. The molecule has 0 fully saturated rings. The molecule has 0 unspecified atom stereocenters. The Morgan fingerprint density at radius 1 is 1.25 bits per heavy atom. The molecule has 0 N–H and O–H groups in total. The van der Waals surface area contributed by atoms with E-state index in [1.165, 1.54) is 18.2 Å². The topological polar surface area (TPSA) is 61.6 Å². The molecule has 0 aliphatic rings. The number of hydrogen-bond acceptors (Lipinski definition) is 4. The molecule has 2 rings (SSSR count). The van der Waals surface area contributed by atoms with Crippen molar-refractivity contribution in [1.82, 2.24) is 0 Å². The van der Waals surface area contributed by atoms with Crippen molar-refractivity contribution in [2.24, 2.45) is 0 Å². The zero-order valence-electron chi connectivity index (χ0n) is 10.7. The molecule has 5 nitrogen and oxygen atoms in total. The van der Waals surface area contributed by atoms with Crippen LogP contribution in [0.25, 0.3) is 0 Å². The summed E-state index contributed by atoms with van der Waals surface area (Å²) in [4.78, 5) is 10.1. The molecular weight excluding hydrogens is 282 g/mol. The maximum Gasteiger partial charge on any atom is 0.288 e. The van der Waals surface area contributed by atoms with Crippen LogP contribution >= 0.6 is 11.6 Å². The van der Waals surface area contributed by atoms with Gasteiger partial charge in [-0.15, -0.1) is 0 Å². The van der Waals surface area contributed by atoms with Crippen LogP contribution in [0.5, 0.6) is 11.5 Å². The van der Waals surface area contributed by atoms with Gasteiger partial charge in [0.25, 0.3) is 5.69 Å². The first-order valence-corrected chi connectivity index (χ1v) is 6.18. The van der Waals surface area contributed by atoms with Crippen molar-refractivity contribution >= 4 is 17.3 Å². The second kappa shape index (κ2) is 6.25. The van der Waals surface area contributed by atoms with Crippen LogP contribution in [0.3, 0.4) is 0 Å². The number of para-hydroxylation sites is 1. The van der Waals surface area contributed by atoms with Crippen LogP contribution in [-0.4, -0.2) is 12.0 Å². The van der Waals surface area contributed by atoms with Gasteiger partial charge in [-0.05, 0) is 12.1 Å². The summed E-state index contributed by atoms with van der Waals surface area (Å²) in [5, 5.41) is 10.7. The minimum Gasteiger partial charge on any atom is -0.496 e. The monoisotopic (exact) mass is 293 g/mol. The summed E-state index contributed by atoms with van der Waals surface area (Å²) in [6, 6.07) is 11.7. The first-order valence-electron chi connectivity index (χ1n) is 5.80. The Labute approximate surface area is 120 Å². The van der Waals surface area contributed by atoms with E-state index in [0.717, 1.165) is 11.3 Å². The Morgan fingerprint density at radius 2 is 2.00 bits per heavy atom. The zero-order valence-corrected chi connectivity index (χ0v) is 11.5. The van der Waals surface area contributed by atoms with Gasteiger partial charge >= 0.3 is 0 Å². The molecule has 0 atom stereocenters. The standard InChI is InChI=1S/C14H12ClNO4/c1-19-14-5-3-2-4-10(14)9-20-11-6-7-13(16(17)18)12(15)8-11/h2-8H,9H2,1H3. The zero-order chi connectivity index (χ0) is 14.5. The average molecular weight is 294 g/mol. The SMILES string of the molecule is COc1ccccc1COc1ccc([N+](=O)[O-])c(Cl)c1. The molecule has 0 saturated carbocycles. The molecule has 104 valence electrons. The predicted octanol–water partition coefficient (Wildman–Crippen LogP) is 3.84. The summed E-state index contributed by atoms with van der Waals surface area (Å²) in [6.45, 7) is 0.290. The van der Waals surface area contributed by atoms with E-state index in [2.05, 4.69) is 0 Å². The molecule has 0 aromatic heterocycles. The van der Waals surface area contributed by atoms with Crippen LogP contribution in [0, 0.1) is 10.1 Å². The van der Waals surface area contributed by atoms with E-state index in [9.17, 15) is 10.1 Å². The minimum absolute atomic E-state index is 0.0486. The fraction of sp³-hybridized carbons (Fsp3) is 0.143. The van der Waals surface area contributed by atoms with Gasteiger partial charge in [0.1, 0.15) is 23.1 Å². The van der Waals surface area contributed by atoms with Gasteiger partial charge in [-0.2, -0.15) is 0 Å². The first kappa shape index (κ1) is 14.1. The lowest BCUT2D eigenvalue weighted by atomic mass is 10.2. The summed E-state index contributed by atoms with van der Waals surface area (Å²) >= 11 is 5.82. The van der Waals surface area contributed by atoms with Gasteiger partial charge in [-0.3, -0.25) is 10.1 Å². The van der Waals surface area contributed by atoms with Crippen LogP contribution in [0.15, 0.2) is 42.5 Å². The number of nitrogens with zero attached hydrogens (tertiary/aromatic N) is 1. The van der Waals surface area contributed by atoms with E-state index in [1.807, 2.05) is 24.3 Å². The Kier molecular flexibility index (Phi) is 4.42. The van der Waals surface area contributed by atoms with Gasteiger partial charge in [0, 0.05) is 17.7 Å². The lowest BCUT2D eigenvalue weighted by Gasteiger charge is -2.10. The lowest BCUT2D eigenvalue weighted by molar-refractivity contribution is -0.384. The highest BCUT2D eigenvalue weighted by molar-refractivity contribution is 6.32. The number of hydrogen-bond donors (Lipinski definition) is 0. The number of nitro benzene ring substituents is 1. The van der Waals surface area contributed by atoms with Gasteiger partial charge in [-0.25, -0.2) is 0 Å². The number of rotatable bonds is 5. The third kappa shape index (κ3) is 3.19. The summed E-state index contributed by atoms with van der Waals surface area (Å²) in [5.74, 6) is 1.19. The molecule has 0 bridgehead atoms. The van der Waals surface area contributed by atoms with Crippen LogP contribution in [0.2, 0.25) is 5.02 Å². The fourth-order valence-corrected chi connectivity index (χ4v) is 1.95. The van der Waals surface area contributed by atoms with Crippen LogP contribution < -0.4 is 9.47 Å². The Bertz CT molecular complexity index is 630. The summed E-state index contributed by atoms with van der Waals surface area (Å²) in [7, 11) is 1.58. The smallest absolute Gasteiger partial charge is 0.288 e. The Balaban J connectivity index is 2.11. The predicted molar refractivity (Wildman–Crippen MR) is 75.4 cm³/mol. The van der Waals surface area contributed by atoms with Gasteiger partial charge in [0.05, 0.1) is 12.0 Å². The molecule has 0 aliphatic heterocycles. The molecule has 2 aromatic rings. The second-order valence-corrected chi connectivity index (χ2v) is 4.38. The van der Waals surface area contributed by atoms with E-state index < -0.39 is 4.92 Å². The highest BCUT2D eigenvalue weighted by Gasteiger charge is 2.12. The molecule has 0 amide bonds. The van der Waals surface area contributed by atoms with Crippen molar-refractivity contribution in [2.45, 2.75) is 6.61 Å². The number of benzene rings is 2. The van der Waals surface area contributed by atoms with Crippen LogP contribution in [-0.2, 0) is 6.61 Å². The summed E-state index contributed by atoms with van der Waals surface area (Å²) in [6.07, 6.45) is 0. The van der Waals surface area contributed by atoms with Gasteiger partial charge in [0.15, 0.2) is 0 Å². The largest absolute Gasteiger partial charge is 0.496 e. The molecule has 2 aromatic carbocycles. The lowest BCUT2D eigenvalue weighted by Crippen LogP contribution is -1.99. The molecule has 20 heavy (non-hydrogen) atoms. The maximum absolute atomic E-state index is 10.7. The van der Waals surface area contributed by atoms with Crippen molar-refractivity contribution in [3.05, 3.63) is 63.2 Å². The molecule has 0 saturated heterocycles. The van der Waals surface area contributed by atoms with Gasteiger partial charge in [0.2, 0.25) is 0 Å². The highest BCUT2D eigenvalue weighted by Crippen LogP contribution is 2.29. The van der Waals surface area contributed by atoms with Crippen LogP contribution in [0.1, 0.15) is 5.56 Å². The summed E-state index contributed by atoms with van der Waals surface area (Å²) in [5.41, 5.74) is 0.737. The molecule has 6 heteroatoms. The molecule has 0 radical (unpaired) electrons. The van der Waals surface area contributed by atoms with Gasteiger partial charge in [-0.1, -0.05) is 29.8 Å². The third-order valence-electron chi connectivity index (χ3n) is 2.70. The highest BCUT2D eigenvalue weighted by atomic mass is 35.5. The number of methoxy groups -OCH3 is 1. The minimum atomic E-state index is -0.535. The van der Waals surface area contributed by atoms with Crippen molar-refractivity contribution in [3.8, 4) is 11.5 Å². The molecule has 0 aliphatic carbocycles. The number of nitro groups is 1. The fourth-order valence-electron chi connectivity index (χ4n) is 1.71. The third-order valence-corrected chi connectivity index (χ3v) is 3.01. The Hall–Kier alpha value is -2.27. The Morgan fingerprint density at radius 3 is 2.65 bits per heavy atom. The van der Waals surface area contributed by atoms with Crippen molar-refractivity contribution in [2.75, 3.05) is 7.11 Å². The van der Waals surface area contributed by atoms with Crippen molar-refractivity contribution in [1.29, 1.82) is 0 Å². The van der Waals surface area contributed by atoms with Crippen molar-refractivity contribution in [3.63, 3.8) is 0 Å².